The van der Waals surface area contributed by atoms with E-state index in [-0.39, 0.29) is 6.15 Å². The second kappa shape index (κ2) is 6.31. The Labute approximate surface area is 78.7 Å². The van der Waals surface area contributed by atoms with Gasteiger partial charge in [0, 0.05) is 0 Å². The SMILES string of the molecule is CCCCc1ccccc1N=O.N. The van der Waals surface area contributed by atoms with Crippen LogP contribution in [-0.2, 0) is 6.42 Å². The number of nitroso groups, excluding NO2 is 1. The summed E-state index contributed by atoms with van der Waals surface area (Å²) < 4.78 is 0. The smallest absolute Gasteiger partial charge is 0.111 e. The molecule has 0 saturated heterocycles. The van der Waals surface area contributed by atoms with E-state index in [1.165, 1.54) is 0 Å². The maximum atomic E-state index is 10.3. The molecule has 0 radical (unpaired) electrons. The second-order valence-electron chi connectivity index (χ2n) is 2.82. The van der Waals surface area contributed by atoms with Crippen molar-refractivity contribution in [2.24, 2.45) is 5.18 Å². The first-order chi connectivity index (χ1) is 5.88. The van der Waals surface area contributed by atoms with Gasteiger partial charge in [0.2, 0.25) is 0 Å². The van der Waals surface area contributed by atoms with E-state index >= 15 is 0 Å². The average molecular weight is 180 g/mol. The van der Waals surface area contributed by atoms with E-state index in [9.17, 15) is 4.91 Å². The van der Waals surface area contributed by atoms with Gasteiger partial charge in [-0.25, -0.2) is 0 Å². The first kappa shape index (κ1) is 11.8. The van der Waals surface area contributed by atoms with Crippen molar-refractivity contribution in [1.82, 2.24) is 6.15 Å². The Bertz CT molecular complexity index is 261. The normalized spacial score (nSPS) is 9.00. The van der Waals surface area contributed by atoms with E-state index < -0.39 is 0 Å². The lowest BCUT2D eigenvalue weighted by Crippen LogP contribution is -1.84. The van der Waals surface area contributed by atoms with Crippen LogP contribution in [0.25, 0.3) is 0 Å². The predicted molar refractivity (Wildman–Crippen MR) is 55.5 cm³/mol. The van der Waals surface area contributed by atoms with Gasteiger partial charge in [-0.3, -0.25) is 0 Å². The first-order valence-electron chi connectivity index (χ1n) is 4.29. The molecule has 0 atom stereocenters. The summed E-state index contributed by atoms with van der Waals surface area (Å²) in [6.07, 6.45) is 3.22. The van der Waals surface area contributed by atoms with Gasteiger partial charge in [-0.2, -0.15) is 0 Å². The monoisotopic (exact) mass is 180 g/mol. The maximum absolute atomic E-state index is 10.3. The number of hydrogen-bond donors (Lipinski definition) is 1. The minimum Gasteiger partial charge on any atom is -0.344 e. The highest BCUT2D eigenvalue weighted by molar-refractivity contribution is 5.45. The van der Waals surface area contributed by atoms with Crippen LogP contribution < -0.4 is 6.15 Å². The summed E-state index contributed by atoms with van der Waals surface area (Å²) >= 11 is 0. The van der Waals surface area contributed by atoms with Gasteiger partial charge in [0.25, 0.3) is 0 Å². The summed E-state index contributed by atoms with van der Waals surface area (Å²) in [6, 6.07) is 7.51. The minimum atomic E-state index is 0. The number of hydrogen-bond acceptors (Lipinski definition) is 3. The third kappa shape index (κ3) is 3.34. The molecule has 13 heavy (non-hydrogen) atoms. The molecular formula is C10H16N2O. The van der Waals surface area contributed by atoms with E-state index in [1.807, 2.05) is 18.2 Å². The van der Waals surface area contributed by atoms with Gasteiger partial charge >= 0.3 is 0 Å². The van der Waals surface area contributed by atoms with Crippen LogP contribution in [0.15, 0.2) is 29.4 Å². The lowest BCUT2D eigenvalue weighted by atomic mass is 10.1. The molecule has 0 aliphatic rings. The van der Waals surface area contributed by atoms with E-state index in [1.54, 1.807) is 6.07 Å². The van der Waals surface area contributed by atoms with Crippen LogP contribution in [0, 0.1) is 4.91 Å². The average Bonchev–Trinajstić information content (AvgIpc) is 2.15. The molecule has 0 aromatic heterocycles. The highest BCUT2D eigenvalue weighted by atomic mass is 16.3. The van der Waals surface area contributed by atoms with Crippen molar-refractivity contribution in [3.05, 3.63) is 34.7 Å². The summed E-state index contributed by atoms with van der Waals surface area (Å²) in [5.74, 6) is 0. The number of nitrogens with zero attached hydrogens (tertiary/aromatic N) is 1. The first-order valence-corrected chi connectivity index (χ1v) is 4.29. The van der Waals surface area contributed by atoms with Gasteiger partial charge in [-0.05, 0) is 29.6 Å². The van der Waals surface area contributed by atoms with Gasteiger partial charge in [-0.1, -0.05) is 31.5 Å². The van der Waals surface area contributed by atoms with Gasteiger partial charge in [-0.15, -0.1) is 4.91 Å². The molecular weight excluding hydrogens is 164 g/mol. The van der Waals surface area contributed by atoms with Crippen LogP contribution in [-0.4, -0.2) is 0 Å². The lowest BCUT2D eigenvalue weighted by Gasteiger charge is -2.00. The summed E-state index contributed by atoms with van der Waals surface area (Å²) in [4.78, 5) is 10.3. The Balaban J connectivity index is 0.00000144. The second-order valence-corrected chi connectivity index (χ2v) is 2.82. The Morgan fingerprint density at radius 3 is 2.62 bits per heavy atom. The summed E-state index contributed by atoms with van der Waals surface area (Å²) in [5.41, 5.74) is 1.65. The fraction of sp³-hybridized carbons (Fsp3) is 0.400. The Hall–Kier alpha value is -1.22. The Kier molecular flexibility index (Phi) is 5.72. The Morgan fingerprint density at radius 1 is 1.31 bits per heavy atom. The Morgan fingerprint density at radius 2 is 2.00 bits per heavy atom. The van der Waals surface area contributed by atoms with E-state index in [0.29, 0.717) is 5.69 Å². The van der Waals surface area contributed by atoms with Crippen molar-refractivity contribution in [2.75, 3.05) is 0 Å². The highest BCUT2D eigenvalue weighted by Gasteiger charge is 1.99. The quantitative estimate of drug-likeness (QED) is 0.719. The molecule has 0 amide bonds. The van der Waals surface area contributed by atoms with Crippen LogP contribution in [0.5, 0.6) is 0 Å². The fourth-order valence-corrected chi connectivity index (χ4v) is 1.18. The van der Waals surface area contributed by atoms with Gasteiger partial charge in [0.05, 0.1) is 0 Å². The van der Waals surface area contributed by atoms with Crippen LogP contribution in [0.4, 0.5) is 5.69 Å². The maximum Gasteiger partial charge on any atom is 0.111 e. The topological polar surface area (TPSA) is 64.4 Å². The molecule has 0 saturated carbocycles. The summed E-state index contributed by atoms with van der Waals surface area (Å²) in [5, 5.41) is 2.97. The zero-order valence-corrected chi connectivity index (χ0v) is 7.99. The van der Waals surface area contributed by atoms with Gasteiger partial charge in [0.15, 0.2) is 0 Å². The molecule has 3 nitrogen and oxygen atoms in total. The van der Waals surface area contributed by atoms with Crippen molar-refractivity contribution in [1.29, 1.82) is 0 Å². The molecule has 0 fully saturated rings. The molecule has 0 bridgehead atoms. The minimum absolute atomic E-state index is 0. The molecule has 0 aliphatic carbocycles. The zero-order valence-electron chi connectivity index (χ0n) is 7.99. The number of unbranched alkanes of at least 4 members (excludes halogenated alkanes) is 1. The molecule has 3 N–H and O–H groups in total. The number of aryl methyl sites for hydroxylation is 1. The summed E-state index contributed by atoms with van der Waals surface area (Å²) in [7, 11) is 0. The number of rotatable bonds is 4. The predicted octanol–water partition coefficient (Wildman–Crippen LogP) is 3.59. The molecule has 0 spiro atoms. The van der Waals surface area contributed by atoms with E-state index in [4.69, 9.17) is 0 Å². The van der Waals surface area contributed by atoms with Gasteiger partial charge < -0.3 is 6.15 Å². The highest BCUT2D eigenvalue weighted by Crippen LogP contribution is 2.19. The van der Waals surface area contributed by atoms with Gasteiger partial charge in [0.1, 0.15) is 5.69 Å². The standard InChI is InChI=1S/C10H13NO.H3N/c1-2-3-6-9-7-4-5-8-10(9)11-12;/h4-5,7-8H,2-3,6H2,1H3;1H3. The lowest BCUT2D eigenvalue weighted by molar-refractivity contribution is 0.795. The van der Waals surface area contributed by atoms with E-state index in [0.717, 1.165) is 24.8 Å². The van der Waals surface area contributed by atoms with Crippen LogP contribution in [0.3, 0.4) is 0 Å². The van der Waals surface area contributed by atoms with Crippen molar-refractivity contribution in [3.63, 3.8) is 0 Å². The van der Waals surface area contributed by atoms with Crippen molar-refractivity contribution < 1.29 is 0 Å². The van der Waals surface area contributed by atoms with Crippen LogP contribution in [0.1, 0.15) is 25.3 Å². The number of benzene rings is 1. The molecule has 3 heteroatoms. The van der Waals surface area contributed by atoms with Crippen LogP contribution >= 0.6 is 0 Å². The molecule has 0 unspecified atom stereocenters. The molecule has 1 aromatic carbocycles. The summed E-state index contributed by atoms with van der Waals surface area (Å²) in [6.45, 7) is 2.14. The molecule has 0 aliphatic heterocycles. The molecule has 0 heterocycles. The van der Waals surface area contributed by atoms with Crippen LogP contribution in [0.2, 0.25) is 0 Å². The van der Waals surface area contributed by atoms with Crippen molar-refractivity contribution in [2.45, 2.75) is 26.2 Å². The molecule has 72 valence electrons. The third-order valence-corrected chi connectivity index (χ3v) is 1.89. The third-order valence-electron chi connectivity index (χ3n) is 1.89. The van der Waals surface area contributed by atoms with Crippen molar-refractivity contribution in [3.8, 4) is 0 Å². The van der Waals surface area contributed by atoms with E-state index in [2.05, 4.69) is 12.1 Å². The molecule has 1 aromatic rings. The fourth-order valence-electron chi connectivity index (χ4n) is 1.18. The molecule has 1 rings (SSSR count). The van der Waals surface area contributed by atoms with Crippen molar-refractivity contribution >= 4 is 5.69 Å². The zero-order chi connectivity index (χ0) is 8.81. The largest absolute Gasteiger partial charge is 0.344 e.